The lowest BCUT2D eigenvalue weighted by Gasteiger charge is -2.21. The number of nitrogens with zero attached hydrogens (tertiary/aromatic N) is 2. The van der Waals surface area contributed by atoms with Gasteiger partial charge in [-0.05, 0) is 37.1 Å². The molecular formula is C15H17N3O2S. The number of hydrogen-bond donors (Lipinski definition) is 1. The number of hydrogen-bond acceptors (Lipinski definition) is 4. The van der Waals surface area contributed by atoms with Crippen LogP contribution in [0.25, 0.3) is 0 Å². The Hall–Kier alpha value is -2.08. The maximum Gasteiger partial charge on any atom is 0.268 e. The minimum absolute atomic E-state index is 0.226. The van der Waals surface area contributed by atoms with Crippen LogP contribution in [0, 0.1) is 0 Å². The van der Waals surface area contributed by atoms with Crippen molar-refractivity contribution in [2.24, 2.45) is 0 Å². The zero-order valence-electron chi connectivity index (χ0n) is 11.8. The molecule has 1 aromatic heterocycles. The summed E-state index contributed by atoms with van der Waals surface area (Å²) in [4.78, 5) is 4.37. The van der Waals surface area contributed by atoms with Crippen molar-refractivity contribution in [3.63, 3.8) is 0 Å². The van der Waals surface area contributed by atoms with Gasteiger partial charge in [-0.1, -0.05) is 18.2 Å². The van der Waals surface area contributed by atoms with Crippen molar-refractivity contribution in [2.75, 3.05) is 22.7 Å². The zero-order valence-corrected chi connectivity index (χ0v) is 12.6. The first-order valence-corrected chi connectivity index (χ1v) is 8.38. The van der Waals surface area contributed by atoms with Gasteiger partial charge in [0.2, 0.25) is 0 Å². The minimum Gasteiger partial charge on any atom is -0.369 e. The standard InChI is InChI=1S/C15H17N3O2S/c1-2-16-15-14(8-5-10-17-15)21(19,20)18-11-9-12-6-3-4-7-13(12)18/h3-8,10H,2,9,11H2,1H3,(H,16,17). The fraction of sp³-hybridized carbons (Fsp3) is 0.267. The summed E-state index contributed by atoms with van der Waals surface area (Å²) in [6.45, 7) is 3.01. The molecule has 2 heterocycles. The van der Waals surface area contributed by atoms with E-state index in [1.807, 2.05) is 31.2 Å². The molecule has 0 aliphatic carbocycles. The molecule has 3 rings (SSSR count). The van der Waals surface area contributed by atoms with E-state index < -0.39 is 10.0 Å². The van der Waals surface area contributed by atoms with Gasteiger partial charge in [0, 0.05) is 19.3 Å². The Labute approximate surface area is 124 Å². The van der Waals surface area contributed by atoms with Gasteiger partial charge in [0.1, 0.15) is 10.7 Å². The van der Waals surface area contributed by atoms with Gasteiger partial charge >= 0.3 is 0 Å². The van der Waals surface area contributed by atoms with E-state index >= 15 is 0 Å². The molecule has 0 atom stereocenters. The van der Waals surface area contributed by atoms with Crippen molar-refractivity contribution in [2.45, 2.75) is 18.2 Å². The maximum atomic E-state index is 12.9. The highest BCUT2D eigenvalue weighted by atomic mass is 32.2. The van der Waals surface area contributed by atoms with Crippen LogP contribution >= 0.6 is 0 Å². The van der Waals surface area contributed by atoms with Gasteiger partial charge in [0.15, 0.2) is 0 Å². The van der Waals surface area contributed by atoms with Crippen LogP contribution in [0.5, 0.6) is 0 Å². The highest BCUT2D eigenvalue weighted by Crippen LogP contribution is 2.34. The number of fused-ring (bicyclic) bond motifs is 1. The molecule has 1 aliphatic heterocycles. The molecule has 0 bridgehead atoms. The molecule has 0 unspecified atom stereocenters. The summed E-state index contributed by atoms with van der Waals surface area (Å²) in [5, 5.41) is 3.01. The van der Waals surface area contributed by atoms with Crippen LogP contribution in [0.2, 0.25) is 0 Å². The Morgan fingerprint density at radius 1 is 1.24 bits per heavy atom. The second-order valence-electron chi connectivity index (χ2n) is 4.84. The molecule has 1 aromatic carbocycles. The molecule has 0 spiro atoms. The molecule has 5 nitrogen and oxygen atoms in total. The second-order valence-corrected chi connectivity index (χ2v) is 6.67. The fourth-order valence-electron chi connectivity index (χ4n) is 2.58. The summed E-state index contributed by atoms with van der Waals surface area (Å²) in [5.41, 5.74) is 1.83. The van der Waals surface area contributed by atoms with Crippen LogP contribution in [0.15, 0.2) is 47.5 Å². The molecule has 0 saturated heterocycles. The zero-order chi connectivity index (χ0) is 14.9. The number of para-hydroxylation sites is 1. The number of sulfonamides is 1. The third kappa shape index (κ3) is 2.35. The van der Waals surface area contributed by atoms with Crippen molar-refractivity contribution in [3.05, 3.63) is 48.2 Å². The molecule has 6 heteroatoms. The lowest BCUT2D eigenvalue weighted by atomic mass is 10.2. The third-order valence-electron chi connectivity index (χ3n) is 3.53. The van der Waals surface area contributed by atoms with Crippen LogP contribution in [0.1, 0.15) is 12.5 Å². The van der Waals surface area contributed by atoms with Crippen molar-refractivity contribution in [1.29, 1.82) is 0 Å². The van der Waals surface area contributed by atoms with E-state index in [0.717, 1.165) is 17.7 Å². The molecule has 1 aliphatic rings. The van der Waals surface area contributed by atoms with Crippen LogP contribution in [-0.2, 0) is 16.4 Å². The predicted molar refractivity (Wildman–Crippen MR) is 83.1 cm³/mol. The van der Waals surface area contributed by atoms with Crippen LogP contribution in [0.3, 0.4) is 0 Å². The van der Waals surface area contributed by atoms with Crippen molar-refractivity contribution >= 4 is 21.5 Å². The first-order chi connectivity index (χ1) is 10.1. The molecule has 0 amide bonds. The minimum atomic E-state index is -3.60. The summed E-state index contributed by atoms with van der Waals surface area (Å²) in [6, 6.07) is 10.9. The number of pyridine rings is 1. The Morgan fingerprint density at radius 3 is 2.86 bits per heavy atom. The Kier molecular flexibility index (Phi) is 3.55. The van der Waals surface area contributed by atoms with E-state index in [9.17, 15) is 8.42 Å². The molecule has 1 N–H and O–H groups in total. The molecule has 0 radical (unpaired) electrons. The molecule has 110 valence electrons. The molecule has 0 fully saturated rings. The summed E-state index contributed by atoms with van der Waals surface area (Å²) in [6.07, 6.45) is 2.33. The quantitative estimate of drug-likeness (QED) is 0.941. The highest BCUT2D eigenvalue weighted by Gasteiger charge is 2.32. The van der Waals surface area contributed by atoms with Crippen molar-refractivity contribution < 1.29 is 8.42 Å². The summed E-state index contributed by atoms with van der Waals surface area (Å²) in [7, 11) is -3.60. The molecular weight excluding hydrogens is 286 g/mol. The highest BCUT2D eigenvalue weighted by molar-refractivity contribution is 7.93. The van der Waals surface area contributed by atoms with Gasteiger partial charge < -0.3 is 5.32 Å². The lowest BCUT2D eigenvalue weighted by Crippen LogP contribution is -2.30. The maximum absolute atomic E-state index is 12.9. The van der Waals surface area contributed by atoms with Crippen molar-refractivity contribution in [1.82, 2.24) is 4.98 Å². The largest absolute Gasteiger partial charge is 0.369 e. The predicted octanol–water partition coefficient (Wildman–Crippen LogP) is 2.26. The van der Waals surface area contributed by atoms with Gasteiger partial charge in [-0.25, -0.2) is 13.4 Å². The van der Waals surface area contributed by atoms with Gasteiger partial charge in [0.25, 0.3) is 10.0 Å². The van der Waals surface area contributed by atoms with Crippen LogP contribution in [-0.4, -0.2) is 26.5 Å². The smallest absolute Gasteiger partial charge is 0.268 e. The monoisotopic (exact) mass is 303 g/mol. The first kappa shape index (κ1) is 13.9. The summed E-state index contributed by atoms with van der Waals surface area (Å²) < 4.78 is 27.3. The second kappa shape index (κ2) is 5.37. The van der Waals surface area contributed by atoms with Gasteiger partial charge in [-0.15, -0.1) is 0 Å². The van der Waals surface area contributed by atoms with E-state index in [4.69, 9.17) is 0 Å². The van der Waals surface area contributed by atoms with Crippen LogP contribution < -0.4 is 9.62 Å². The average Bonchev–Trinajstić information content (AvgIpc) is 2.93. The SMILES string of the molecule is CCNc1ncccc1S(=O)(=O)N1CCc2ccccc21. The number of benzene rings is 1. The van der Waals surface area contributed by atoms with E-state index in [1.54, 1.807) is 18.3 Å². The van der Waals surface area contributed by atoms with Crippen molar-refractivity contribution in [3.8, 4) is 0 Å². The third-order valence-corrected chi connectivity index (χ3v) is 5.37. The topological polar surface area (TPSA) is 62.3 Å². The lowest BCUT2D eigenvalue weighted by molar-refractivity contribution is 0.592. The Balaban J connectivity index is 2.07. The Bertz CT molecular complexity index is 759. The summed E-state index contributed by atoms with van der Waals surface area (Å²) >= 11 is 0. The number of rotatable bonds is 4. The van der Waals surface area contributed by atoms with Gasteiger partial charge in [0.05, 0.1) is 5.69 Å². The molecule has 2 aromatic rings. The van der Waals surface area contributed by atoms with E-state index in [1.165, 1.54) is 4.31 Å². The molecule has 21 heavy (non-hydrogen) atoms. The van der Waals surface area contributed by atoms with Gasteiger partial charge in [-0.2, -0.15) is 0 Å². The van der Waals surface area contributed by atoms with Crippen LogP contribution in [0.4, 0.5) is 11.5 Å². The fourth-order valence-corrected chi connectivity index (χ4v) is 4.20. The normalized spacial score (nSPS) is 14.0. The Morgan fingerprint density at radius 2 is 2.05 bits per heavy atom. The average molecular weight is 303 g/mol. The summed E-state index contributed by atoms with van der Waals surface area (Å²) in [5.74, 6) is 0.407. The number of aromatic nitrogens is 1. The van der Waals surface area contributed by atoms with E-state index in [-0.39, 0.29) is 4.90 Å². The number of nitrogens with one attached hydrogen (secondary N) is 1. The molecule has 0 saturated carbocycles. The van der Waals surface area contributed by atoms with E-state index in [0.29, 0.717) is 18.9 Å². The first-order valence-electron chi connectivity index (χ1n) is 6.94. The van der Waals surface area contributed by atoms with E-state index in [2.05, 4.69) is 10.3 Å². The number of anilines is 2. The van der Waals surface area contributed by atoms with Gasteiger partial charge in [-0.3, -0.25) is 4.31 Å².